The van der Waals surface area contributed by atoms with Gasteiger partial charge in [0.05, 0.1) is 4.90 Å². The molecule has 0 aliphatic rings. The maximum Gasteiger partial charge on any atom is 0.251 e. The van der Waals surface area contributed by atoms with Crippen molar-refractivity contribution < 1.29 is 17.6 Å². The molecule has 1 heterocycles. The number of aryl methyl sites for hydroxylation is 1. The fourth-order valence-corrected chi connectivity index (χ4v) is 4.51. The molecule has 0 radical (unpaired) electrons. The Bertz CT molecular complexity index is 1070. The molecule has 5 nitrogen and oxygen atoms in total. The lowest BCUT2D eigenvalue weighted by molar-refractivity contribution is 0.0953. The van der Waals surface area contributed by atoms with E-state index in [0.717, 1.165) is 17.7 Å². The number of sulfone groups is 1. The summed E-state index contributed by atoms with van der Waals surface area (Å²) >= 11 is 0. The quantitative estimate of drug-likeness (QED) is 0.645. The van der Waals surface area contributed by atoms with Crippen molar-refractivity contribution in [3.05, 3.63) is 95.6 Å². The van der Waals surface area contributed by atoms with Crippen molar-refractivity contribution in [2.45, 2.75) is 17.1 Å². The lowest BCUT2D eigenvalue weighted by atomic mass is 10.1. The Balaban J connectivity index is 1.91. The summed E-state index contributed by atoms with van der Waals surface area (Å²) in [6.07, 6.45) is 2.99. The first-order chi connectivity index (χ1) is 13.4. The maximum absolute atomic E-state index is 13.2. The van der Waals surface area contributed by atoms with Crippen molar-refractivity contribution in [2.24, 2.45) is 0 Å². The van der Waals surface area contributed by atoms with Gasteiger partial charge >= 0.3 is 0 Å². The van der Waals surface area contributed by atoms with E-state index in [1.54, 1.807) is 24.3 Å². The Morgan fingerprint density at radius 2 is 1.79 bits per heavy atom. The summed E-state index contributed by atoms with van der Waals surface area (Å²) in [5.41, 5.74) is 1.71. The van der Waals surface area contributed by atoms with Gasteiger partial charge in [-0.05, 0) is 54.4 Å². The first-order valence-corrected chi connectivity index (χ1v) is 10.2. The van der Waals surface area contributed by atoms with Gasteiger partial charge in [-0.2, -0.15) is 0 Å². The Hall–Kier alpha value is -3.06. The zero-order chi connectivity index (χ0) is 20.1. The maximum atomic E-state index is 13.2. The number of hydrogen-bond acceptors (Lipinski definition) is 4. The van der Waals surface area contributed by atoms with Crippen LogP contribution in [-0.2, 0) is 9.84 Å². The SMILES string of the molecule is Cc1ccccc1C(=O)NC[C@@H](c1cccnc1)S(=O)(=O)c1ccc(F)cc1. The molecule has 144 valence electrons. The number of rotatable bonds is 6. The summed E-state index contributed by atoms with van der Waals surface area (Å²) in [4.78, 5) is 16.5. The van der Waals surface area contributed by atoms with Crippen molar-refractivity contribution in [2.75, 3.05) is 6.54 Å². The Kier molecular flexibility index (Phi) is 5.84. The van der Waals surface area contributed by atoms with Gasteiger partial charge in [-0.15, -0.1) is 0 Å². The first-order valence-electron chi connectivity index (χ1n) is 8.63. The molecule has 1 aromatic heterocycles. The average Bonchev–Trinajstić information content (AvgIpc) is 2.69. The van der Waals surface area contributed by atoms with Crippen LogP contribution in [-0.4, -0.2) is 25.9 Å². The molecule has 0 saturated heterocycles. The average molecular weight is 398 g/mol. The number of benzene rings is 2. The van der Waals surface area contributed by atoms with Crippen molar-refractivity contribution in [3.8, 4) is 0 Å². The van der Waals surface area contributed by atoms with E-state index < -0.39 is 20.9 Å². The van der Waals surface area contributed by atoms with Gasteiger partial charge in [0.1, 0.15) is 11.1 Å². The fourth-order valence-electron chi connectivity index (χ4n) is 2.87. The highest BCUT2D eigenvalue weighted by Crippen LogP contribution is 2.28. The van der Waals surface area contributed by atoms with E-state index >= 15 is 0 Å². The van der Waals surface area contributed by atoms with Gasteiger partial charge in [-0.1, -0.05) is 24.3 Å². The number of amides is 1. The third-order valence-corrected chi connectivity index (χ3v) is 6.53. The summed E-state index contributed by atoms with van der Waals surface area (Å²) in [5, 5.41) is 1.65. The Labute approximate surface area is 163 Å². The fraction of sp³-hybridized carbons (Fsp3) is 0.143. The van der Waals surface area contributed by atoms with Crippen molar-refractivity contribution in [3.63, 3.8) is 0 Å². The highest BCUT2D eigenvalue weighted by molar-refractivity contribution is 7.91. The van der Waals surface area contributed by atoms with E-state index in [9.17, 15) is 17.6 Å². The van der Waals surface area contributed by atoms with Crippen LogP contribution in [0.2, 0.25) is 0 Å². The van der Waals surface area contributed by atoms with Crippen molar-refractivity contribution in [1.82, 2.24) is 10.3 Å². The summed E-state index contributed by atoms with van der Waals surface area (Å²) in [7, 11) is -3.88. The van der Waals surface area contributed by atoms with Crippen LogP contribution < -0.4 is 5.32 Å². The van der Waals surface area contributed by atoms with Crippen molar-refractivity contribution in [1.29, 1.82) is 0 Å². The number of nitrogens with zero attached hydrogens (tertiary/aromatic N) is 1. The molecule has 0 bridgehead atoms. The first kappa shape index (κ1) is 19.7. The van der Waals surface area contributed by atoms with Crippen LogP contribution in [0.3, 0.4) is 0 Å². The molecule has 0 aliphatic heterocycles. The van der Waals surface area contributed by atoms with Crippen LogP contribution in [0.25, 0.3) is 0 Å². The zero-order valence-corrected chi connectivity index (χ0v) is 16.0. The lowest BCUT2D eigenvalue weighted by Gasteiger charge is -2.19. The molecule has 3 rings (SSSR count). The summed E-state index contributed by atoms with van der Waals surface area (Å²) in [6, 6.07) is 15.0. The normalized spacial score (nSPS) is 12.4. The van der Waals surface area contributed by atoms with Gasteiger partial charge in [-0.3, -0.25) is 9.78 Å². The van der Waals surface area contributed by atoms with E-state index in [2.05, 4.69) is 10.3 Å². The van der Waals surface area contributed by atoms with Gasteiger partial charge in [0, 0.05) is 24.5 Å². The second-order valence-electron chi connectivity index (χ2n) is 6.30. The zero-order valence-electron chi connectivity index (χ0n) is 15.2. The third kappa shape index (κ3) is 4.26. The molecule has 2 aromatic carbocycles. The molecule has 1 N–H and O–H groups in total. The van der Waals surface area contributed by atoms with Gasteiger partial charge in [0.15, 0.2) is 9.84 Å². The number of aromatic nitrogens is 1. The van der Waals surface area contributed by atoms with E-state index in [-0.39, 0.29) is 17.3 Å². The predicted molar refractivity (Wildman–Crippen MR) is 104 cm³/mol. The van der Waals surface area contributed by atoms with Gasteiger partial charge in [-0.25, -0.2) is 12.8 Å². The molecule has 0 fully saturated rings. The monoisotopic (exact) mass is 398 g/mol. The lowest BCUT2D eigenvalue weighted by Crippen LogP contribution is -2.32. The van der Waals surface area contributed by atoms with Crippen molar-refractivity contribution >= 4 is 15.7 Å². The minimum Gasteiger partial charge on any atom is -0.350 e. The summed E-state index contributed by atoms with van der Waals surface area (Å²) < 4.78 is 39.5. The molecular weight excluding hydrogens is 379 g/mol. The summed E-state index contributed by atoms with van der Waals surface area (Å²) in [5.74, 6) is -0.883. The number of carbonyl (C=O) groups is 1. The minimum atomic E-state index is -3.88. The van der Waals surface area contributed by atoms with Crippen LogP contribution >= 0.6 is 0 Å². The number of hydrogen-bond donors (Lipinski definition) is 1. The molecular formula is C21H19FN2O3S. The van der Waals surface area contributed by atoms with E-state index in [1.807, 2.05) is 19.1 Å². The molecule has 3 aromatic rings. The molecule has 7 heteroatoms. The number of carbonyl (C=O) groups excluding carboxylic acids is 1. The molecule has 0 unspecified atom stereocenters. The molecule has 0 spiro atoms. The van der Waals surface area contributed by atoms with Crippen LogP contribution in [0, 0.1) is 12.7 Å². The third-order valence-electron chi connectivity index (χ3n) is 4.41. The number of pyridine rings is 1. The van der Waals surface area contributed by atoms with Crippen LogP contribution in [0.5, 0.6) is 0 Å². The van der Waals surface area contributed by atoms with E-state index in [1.165, 1.54) is 24.5 Å². The van der Waals surface area contributed by atoms with Crippen LogP contribution in [0.15, 0.2) is 78.0 Å². The number of nitrogens with one attached hydrogen (secondary N) is 1. The standard InChI is InChI=1S/C21H19FN2O3S/c1-15-5-2-3-7-19(15)21(25)24-14-20(16-6-4-12-23-13-16)28(26,27)18-10-8-17(22)9-11-18/h2-13,20H,14H2,1H3,(H,24,25)/t20-/m0/s1. The second kappa shape index (κ2) is 8.31. The van der Waals surface area contributed by atoms with Gasteiger partial charge in [0.25, 0.3) is 5.91 Å². The molecule has 1 atom stereocenters. The Morgan fingerprint density at radius 3 is 2.43 bits per heavy atom. The topological polar surface area (TPSA) is 76.1 Å². The van der Waals surface area contributed by atoms with Crippen LogP contribution in [0.1, 0.15) is 26.7 Å². The highest BCUT2D eigenvalue weighted by Gasteiger charge is 2.30. The largest absolute Gasteiger partial charge is 0.350 e. The molecule has 28 heavy (non-hydrogen) atoms. The molecule has 1 amide bonds. The smallest absolute Gasteiger partial charge is 0.251 e. The predicted octanol–water partition coefficient (Wildman–Crippen LogP) is 3.47. The minimum absolute atomic E-state index is 0.0205. The Morgan fingerprint density at radius 1 is 1.07 bits per heavy atom. The van der Waals surface area contributed by atoms with Gasteiger partial charge < -0.3 is 5.32 Å². The highest BCUT2D eigenvalue weighted by atomic mass is 32.2. The van der Waals surface area contributed by atoms with E-state index in [4.69, 9.17) is 0 Å². The summed E-state index contributed by atoms with van der Waals surface area (Å²) in [6.45, 7) is 1.67. The second-order valence-corrected chi connectivity index (χ2v) is 8.43. The number of halogens is 1. The molecule has 0 aliphatic carbocycles. The van der Waals surface area contributed by atoms with E-state index in [0.29, 0.717) is 11.1 Å². The van der Waals surface area contributed by atoms with Crippen LogP contribution in [0.4, 0.5) is 4.39 Å². The van der Waals surface area contributed by atoms with Gasteiger partial charge in [0.2, 0.25) is 0 Å². The molecule has 0 saturated carbocycles.